The molecule has 6 heteroatoms. The van der Waals surface area contributed by atoms with E-state index in [1.807, 2.05) is 50.2 Å². The highest BCUT2D eigenvalue weighted by Gasteiger charge is 2.21. The zero-order valence-corrected chi connectivity index (χ0v) is 16.2. The summed E-state index contributed by atoms with van der Waals surface area (Å²) in [5.41, 5.74) is 0. The second-order valence-corrected chi connectivity index (χ2v) is 6.06. The van der Waals surface area contributed by atoms with Crippen molar-refractivity contribution in [3.05, 3.63) is 48.5 Å². The molecule has 0 aliphatic heterocycles. The Hall–Kier alpha value is -2.89. The Labute approximate surface area is 160 Å². The first-order valence-electron chi connectivity index (χ1n) is 8.94. The summed E-state index contributed by atoms with van der Waals surface area (Å²) >= 11 is 0. The van der Waals surface area contributed by atoms with Crippen molar-refractivity contribution in [3.63, 3.8) is 0 Å². The summed E-state index contributed by atoms with van der Waals surface area (Å²) < 4.78 is 21.9. The first-order chi connectivity index (χ1) is 13.1. The molecule has 0 spiro atoms. The van der Waals surface area contributed by atoms with Crippen LogP contribution in [0, 0.1) is 0 Å². The van der Waals surface area contributed by atoms with Crippen molar-refractivity contribution < 1.29 is 23.7 Å². The molecule has 0 fully saturated rings. The largest absolute Gasteiger partial charge is 0.497 e. The maximum Gasteiger partial charge on any atom is 0.261 e. The summed E-state index contributed by atoms with van der Waals surface area (Å²) in [7, 11) is 3.19. The second kappa shape index (κ2) is 10.3. The quantitative estimate of drug-likeness (QED) is 0.691. The number of carbonyl (C=O) groups is 1. The Morgan fingerprint density at radius 2 is 1.59 bits per heavy atom. The predicted molar refractivity (Wildman–Crippen MR) is 104 cm³/mol. The standard InChI is InChI=1S/C21H27NO5/c1-5-18(27-20-9-7-6-8-19(20)25-4)21(23)22-15(2)14-26-17-12-10-16(24-3)11-13-17/h6-13,15,18H,5,14H2,1-4H3,(H,22,23)/t15-,18+/m0/s1. The van der Waals surface area contributed by atoms with Crippen LogP contribution in [0.15, 0.2) is 48.5 Å². The molecule has 146 valence electrons. The van der Waals surface area contributed by atoms with Gasteiger partial charge < -0.3 is 24.3 Å². The van der Waals surface area contributed by atoms with Crippen molar-refractivity contribution in [2.24, 2.45) is 0 Å². The Balaban J connectivity index is 1.87. The number of ether oxygens (including phenoxy) is 4. The minimum atomic E-state index is -0.607. The number of benzene rings is 2. The average molecular weight is 373 g/mol. The zero-order chi connectivity index (χ0) is 19.6. The smallest absolute Gasteiger partial charge is 0.261 e. The number of para-hydroxylation sites is 2. The highest BCUT2D eigenvalue weighted by atomic mass is 16.5. The van der Waals surface area contributed by atoms with Gasteiger partial charge in [0, 0.05) is 0 Å². The highest BCUT2D eigenvalue weighted by molar-refractivity contribution is 5.81. The monoisotopic (exact) mass is 373 g/mol. The van der Waals surface area contributed by atoms with E-state index in [-0.39, 0.29) is 11.9 Å². The van der Waals surface area contributed by atoms with Crippen LogP contribution in [0.2, 0.25) is 0 Å². The van der Waals surface area contributed by atoms with E-state index >= 15 is 0 Å². The number of amides is 1. The van der Waals surface area contributed by atoms with Crippen molar-refractivity contribution in [1.29, 1.82) is 0 Å². The van der Waals surface area contributed by atoms with Gasteiger partial charge in [-0.05, 0) is 49.7 Å². The summed E-state index contributed by atoms with van der Waals surface area (Å²) in [6.45, 7) is 4.14. The molecular formula is C21H27NO5. The van der Waals surface area contributed by atoms with Gasteiger partial charge in [-0.15, -0.1) is 0 Å². The minimum absolute atomic E-state index is 0.171. The third-order valence-corrected chi connectivity index (χ3v) is 3.95. The molecule has 0 saturated carbocycles. The van der Waals surface area contributed by atoms with Gasteiger partial charge in [0.2, 0.25) is 0 Å². The number of hydrogen-bond donors (Lipinski definition) is 1. The van der Waals surface area contributed by atoms with Crippen molar-refractivity contribution >= 4 is 5.91 Å². The minimum Gasteiger partial charge on any atom is -0.497 e. The molecule has 0 heterocycles. The molecule has 0 aromatic heterocycles. The van der Waals surface area contributed by atoms with E-state index in [0.29, 0.717) is 30.3 Å². The molecule has 1 amide bonds. The Morgan fingerprint density at radius 1 is 0.963 bits per heavy atom. The fourth-order valence-electron chi connectivity index (χ4n) is 2.46. The normalized spacial score (nSPS) is 12.6. The lowest BCUT2D eigenvalue weighted by Gasteiger charge is -2.21. The molecule has 0 aliphatic rings. The molecule has 0 unspecified atom stereocenters. The van der Waals surface area contributed by atoms with Gasteiger partial charge in [-0.1, -0.05) is 19.1 Å². The van der Waals surface area contributed by atoms with Crippen LogP contribution in [0.5, 0.6) is 23.0 Å². The fraction of sp³-hybridized carbons (Fsp3) is 0.381. The second-order valence-electron chi connectivity index (χ2n) is 6.06. The average Bonchev–Trinajstić information content (AvgIpc) is 2.70. The van der Waals surface area contributed by atoms with Gasteiger partial charge in [0.05, 0.1) is 20.3 Å². The first-order valence-corrected chi connectivity index (χ1v) is 8.94. The van der Waals surface area contributed by atoms with Crippen LogP contribution in [-0.2, 0) is 4.79 Å². The summed E-state index contributed by atoms with van der Waals surface area (Å²) in [4.78, 5) is 12.5. The van der Waals surface area contributed by atoms with E-state index < -0.39 is 6.10 Å². The molecular weight excluding hydrogens is 346 g/mol. The van der Waals surface area contributed by atoms with E-state index in [9.17, 15) is 4.79 Å². The molecule has 0 radical (unpaired) electrons. The number of hydrogen-bond acceptors (Lipinski definition) is 5. The van der Waals surface area contributed by atoms with Crippen LogP contribution in [0.3, 0.4) is 0 Å². The summed E-state index contributed by atoms with van der Waals surface area (Å²) in [5, 5.41) is 2.93. The van der Waals surface area contributed by atoms with Gasteiger partial charge >= 0.3 is 0 Å². The Kier molecular flexibility index (Phi) is 7.79. The van der Waals surface area contributed by atoms with Gasteiger partial charge in [-0.2, -0.15) is 0 Å². The lowest BCUT2D eigenvalue weighted by molar-refractivity contribution is -0.129. The summed E-state index contributed by atoms with van der Waals surface area (Å²) in [6.07, 6.45) is -0.0691. The van der Waals surface area contributed by atoms with Gasteiger partial charge in [-0.3, -0.25) is 4.79 Å². The maximum atomic E-state index is 12.5. The predicted octanol–water partition coefficient (Wildman–Crippen LogP) is 3.44. The van der Waals surface area contributed by atoms with Crippen molar-refractivity contribution in [2.75, 3.05) is 20.8 Å². The van der Waals surface area contributed by atoms with E-state index in [1.165, 1.54) is 0 Å². The highest BCUT2D eigenvalue weighted by Crippen LogP contribution is 2.27. The third-order valence-electron chi connectivity index (χ3n) is 3.95. The van der Waals surface area contributed by atoms with Crippen molar-refractivity contribution in [3.8, 4) is 23.0 Å². The molecule has 2 atom stereocenters. The van der Waals surface area contributed by atoms with Gasteiger partial charge in [0.1, 0.15) is 18.1 Å². The molecule has 0 bridgehead atoms. The van der Waals surface area contributed by atoms with Crippen molar-refractivity contribution in [2.45, 2.75) is 32.4 Å². The lowest BCUT2D eigenvalue weighted by atomic mass is 10.2. The van der Waals surface area contributed by atoms with Crippen LogP contribution < -0.4 is 24.3 Å². The summed E-state index contributed by atoms with van der Waals surface area (Å²) in [6, 6.07) is 14.4. The van der Waals surface area contributed by atoms with Crippen LogP contribution >= 0.6 is 0 Å². The van der Waals surface area contributed by atoms with Crippen LogP contribution in [0.1, 0.15) is 20.3 Å². The molecule has 2 aromatic rings. The molecule has 27 heavy (non-hydrogen) atoms. The molecule has 2 rings (SSSR count). The third kappa shape index (κ3) is 6.09. The number of nitrogens with one attached hydrogen (secondary N) is 1. The lowest BCUT2D eigenvalue weighted by Crippen LogP contribution is -2.44. The van der Waals surface area contributed by atoms with Gasteiger partial charge in [-0.25, -0.2) is 0 Å². The maximum absolute atomic E-state index is 12.5. The van der Waals surface area contributed by atoms with E-state index in [4.69, 9.17) is 18.9 Å². The number of carbonyl (C=O) groups excluding carboxylic acids is 1. The van der Waals surface area contributed by atoms with E-state index in [1.54, 1.807) is 26.4 Å². The SMILES string of the molecule is CC[C@@H](Oc1ccccc1OC)C(=O)N[C@@H](C)COc1ccc(OC)cc1. The first kappa shape index (κ1) is 20.4. The van der Waals surface area contributed by atoms with Gasteiger partial charge in [0.25, 0.3) is 5.91 Å². The molecule has 0 aliphatic carbocycles. The molecule has 6 nitrogen and oxygen atoms in total. The molecule has 1 N–H and O–H groups in total. The fourth-order valence-corrected chi connectivity index (χ4v) is 2.46. The number of methoxy groups -OCH3 is 2. The zero-order valence-electron chi connectivity index (χ0n) is 16.2. The van der Waals surface area contributed by atoms with Crippen LogP contribution in [-0.4, -0.2) is 38.9 Å². The Bertz CT molecular complexity index is 717. The molecule has 0 saturated heterocycles. The van der Waals surface area contributed by atoms with E-state index in [0.717, 1.165) is 5.75 Å². The molecule has 2 aromatic carbocycles. The van der Waals surface area contributed by atoms with E-state index in [2.05, 4.69) is 5.32 Å². The van der Waals surface area contributed by atoms with Crippen LogP contribution in [0.25, 0.3) is 0 Å². The topological polar surface area (TPSA) is 66.0 Å². The summed E-state index contributed by atoms with van der Waals surface area (Å²) in [5.74, 6) is 2.44. The Morgan fingerprint density at radius 3 is 2.19 bits per heavy atom. The van der Waals surface area contributed by atoms with Crippen molar-refractivity contribution in [1.82, 2.24) is 5.32 Å². The number of rotatable bonds is 10. The van der Waals surface area contributed by atoms with Gasteiger partial charge in [0.15, 0.2) is 17.6 Å². The van der Waals surface area contributed by atoms with Crippen LogP contribution in [0.4, 0.5) is 0 Å².